The molecule has 1 N–H and O–H groups in total. The van der Waals surface area contributed by atoms with Gasteiger partial charge < -0.3 is 4.90 Å². The van der Waals surface area contributed by atoms with Gasteiger partial charge in [0, 0.05) is 25.6 Å². The van der Waals surface area contributed by atoms with Crippen molar-refractivity contribution >= 4 is 15.9 Å². The van der Waals surface area contributed by atoms with Gasteiger partial charge in [-0.3, -0.25) is 4.79 Å². The van der Waals surface area contributed by atoms with Gasteiger partial charge in [-0.05, 0) is 36.5 Å². The van der Waals surface area contributed by atoms with E-state index < -0.39 is 10.0 Å². The van der Waals surface area contributed by atoms with Crippen LogP contribution in [0.2, 0.25) is 0 Å². The van der Waals surface area contributed by atoms with E-state index in [1.165, 1.54) is 37.1 Å². The first kappa shape index (κ1) is 17.4. The molecule has 1 saturated carbocycles. The summed E-state index contributed by atoms with van der Waals surface area (Å²) in [6.45, 7) is 0.918. The summed E-state index contributed by atoms with van der Waals surface area (Å²) in [4.78, 5) is 14.1. The quantitative estimate of drug-likeness (QED) is 0.850. The van der Waals surface area contributed by atoms with Crippen LogP contribution in [0.25, 0.3) is 0 Å². The second-order valence-corrected chi connectivity index (χ2v) is 8.60. The van der Waals surface area contributed by atoms with Crippen LogP contribution in [0.15, 0.2) is 24.3 Å². The van der Waals surface area contributed by atoms with Crippen LogP contribution in [0.1, 0.15) is 37.7 Å². The largest absolute Gasteiger partial charge is 0.339 e. The van der Waals surface area contributed by atoms with Crippen molar-refractivity contribution in [3.8, 4) is 0 Å². The highest BCUT2D eigenvalue weighted by atomic mass is 32.2. The normalized spacial score (nSPS) is 22.5. The number of amides is 1. The summed E-state index contributed by atoms with van der Waals surface area (Å²) in [7, 11) is -3.49. The van der Waals surface area contributed by atoms with E-state index in [1.807, 2.05) is 4.90 Å². The zero-order valence-corrected chi connectivity index (χ0v) is 14.4. The molecule has 1 atom stereocenters. The van der Waals surface area contributed by atoms with Gasteiger partial charge in [-0.2, -0.15) is 0 Å². The highest BCUT2D eigenvalue weighted by Gasteiger charge is 2.35. The Bertz CT molecular complexity index is 684. The summed E-state index contributed by atoms with van der Waals surface area (Å²) < 4.78 is 39.8. The highest BCUT2D eigenvalue weighted by Crippen LogP contribution is 2.29. The first-order valence-electron chi connectivity index (χ1n) is 8.44. The van der Waals surface area contributed by atoms with Crippen molar-refractivity contribution in [1.29, 1.82) is 0 Å². The summed E-state index contributed by atoms with van der Waals surface area (Å²) in [6.07, 6.45) is 4.88. The van der Waals surface area contributed by atoms with Crippen LogP contribution in [0.5, 0.6) is 0 Å². The van der Waals surface area contributed by atoms with Gasteiger partial charge in [0.25, 0.3) is 0 Å². The molecular weight excluding hydrogens is 331 g/mol. The Morgan fingerprint density at radius 2 is 1.83 bits per heavy atom. The van der Waals surface area contributed by atoms with Crippen molar-refractivity contribution in [2.45, 2.75) is 43.9 Å². The molecule has 1 aromatic rings. The average Bonchev–Trinajstić information content (AvgIpc) is 3.17. The van der Waals surface area contributed by atoms with E-state index in [0.717, 1.165) is 12.8 Å². The molecule has 0 unspecified atom stereocenters. The topological polar surface area (TPSA) is 66.5 Å². The lowest BCUT2D eigenvalue weighted by Crippen LogP contribution is -2.36. The van der Waals surface area contributed by atoms with Gasteiger partial charge in [0.1, 0.15) is 5.82 Å². The molecule has 2 aliphatic rings. The van der Waals surface area contributed by atoms with E-state index in [2.05, 4.69) is 4.72 Å². The molecule has 0 radical (unpaired) electrons. The van der Waals surface area contributed by atoms with Crippen LogP contribution in [0, 0.1) is 11.7 Å². The van der Waals surface area contributed by atoms with Crippen molar-refractivity contribution in [3.63, 3.8) is 0 Å². The lowest BCUT2D eigenvalue weighted by atomic mass is 10.1. The fourth-order valence-electron chi connectivity index (χ4n) is 3.61. The summed E-state index contributed by atoms with van der Waals surface area (Å²) in [5, 5.41) is 0. The smallest absolute Gasteiger partial charge is 0.223 e. The first-order valence-corrected chi connectivity index (χ1v) is 10.1. The summed E-state index contributed by atoms with van der Waals surface area (Å²) in [5.74, 6) is -0.397. The Kier molecular flexibility index (Phi) is 5.20. The van der Waals surface area contributed by atoms with Crippen molar-refractivity contribution in [1.82, 2.24) is 9.62 Å². The molecule has 0 aromatic heterocycles. The van der Waals surface area contributed by atoms with Crippen molar-refractivity contribution in [3.05, 3.63) is 35.6 Å². The van der Waals surface area contributed by atoms with Gasteiger partial charge in [-0.15, -0.1) is 0 Å². The number of carbonyl (C=O) groups excluding carboxylic acids is 1. The van der Waals surface area contributed by atoms with Crippen molar-refractivity contribution < 1.29 is 17.6 Å². The predicted molar refractivity (Wildman–Crippen MR) is 89.1 cm³/mol. The van der Waals surface area contributed by atoms with Gasteiger partial charge in [-0.25, -0.2) is 17.5 Å². The molecule has 1 heterocycles. The van der Waals surface area contributed by atoms with Crippen LogP contribution in [-0.4, -0.2) is 38.4 Å². The van der Waals surface area contributed by atoms with Crippen LogP contribution < -0.4 is 4.72 Å². The molecule has 2 fully saturated rings. The predicted octanol–water partition coefficient (Wildman–Crippen LogP) is 2.04. The zero-order chi connectivity index (χ0) is 17.2. The molecule has 5 nitrogen and oxygen atoms in total. The summed E-state index contributed by atoms with van der Waals surface area (Å²) >= 11 is 0. The third-order valence-corrected chi connectivity index (χ3v) is 6.19. The van der Waals surface area contributed by atoms with Gasteiger partial charge in [-0.1, -0.05) is 25.0 Å². The molecule has 132 valence electrons. The van der Waals surface area contributed by atoms with Gasteiger partial charge >= 0.3 is 0 Å². The number of benzene rings is 1. The minimum Gasteiger partial charge on any atom is -0.339 e. The van der Waals surface area contributed by atoms with Crippen LogP contribution in [0.4, 0.5) is 4.39 Å². The Morgan fingerprint density at radius 3 is 2.50 bits per heavy atom. The van der Waals surface area contributed by atoms with Gasteiger partial charge in [0.05, 0.1) is 5.75 Å². The summed E-state index contributed by atoms with van der Waals surface area (Å²) in [5.41, 5.74) is 0.541. The number of sulfonamides is 1. The molecule has 3 rings (SSSR count). The van der Waals surface area contributed by atoms with E-state index in [-0.39, 0.29) is 29.9 Å². The number of rotatable bonds is 6. The lowest BCUT2D eigenvalue weighted by Gasteiger charge is -2.24. The monoisotopic (exact) mass is 354 g/mol. The van der Waals surface area contributed by atoms with Gasteiger partial charge in [0.15, 0.2) is 0 Å². The van der Waals surface area contributed by atoms with E-state index in [4.69, 9.17) is 0 Å². The molecule has 0 bridgehead atoms. The maximum atomic E-state index is 12.9. The fourth-order valence-corrected chi connectivity index (χ4v) is 4.83. The zero-order valence-electron chi connectivity index (χ0n) is 13.6. The maximum absolute atomic E-state index is 12.9. The molecule has 1 aromatic carbocycles. The molecule has 1 aliphatic carbocycles. The molecule has 7 heteroatoms. The number of hydrogen-bond acceptors (Lipinski definition) is 3. The van der Waals surface area contributed by atoms with E-state index in [0.29, 0.717) is 24.6 Å². The highest BCUT2D eigenvalue weighted by molar-refractivity contribution is 7.88. The number of likely N-dealkylation sites (tertiary alicyclic amines) is 1. The van der Waals surface area contributed by atoms with E-state index in [1.54, 1.807) is 0 Å². The molecule has 1 amide bonds. The maximum Gasteiger partial charge on any atom is 0.223 e. The Labute approximate surface area is 142 Å². The lowest BCUT2D eigenvalue weighted by molar-refractivity contribution is -0.129. The van der Waals surface area contributed by atoms with E-state index in [9.17, 15) is 17.6 Å². The number of carbonyl (C=O) groups is 1. The number of nitrogens with zero attached hydrogens (tertiary/aromatic N) is 1. The molecule has 24 heavy (non-hydrogen) atoms. The standard InChI is InChI=1S/C17H23FN2O3S/c18-15-7-5-13(6-8-15)12-24(22,23)19-10-14-9-17(21)20(11-14)16-3-1-2-4-16/h5-8,14,16,19H,1-4,9-12H2/t14-/m0/s1. The first-order chi connectivity index (χ1) is 11.4. The minimum absolute atomic E-state index is 0.0288. The number of halogens is 1. The Hall–Kier alpha value is -1.47. The molecule has 1 aliphatic heterocycles. The van der Waals surface area contributed by atoms with Crippen molar-refractivity contribution in [2.75, 3.05) is 13.1 Å². The van der Waals surface area contributed by atoms with Crippen LogP contribution in [-0.2, 0) is 20.6 Å². The SMILES string of the molecule is O=C1C[C@@H](CNS(=O)(=O)Cc2ccc(F)cc2)CN1C1CCCC1. The van der Waals surface area contributed by atoms with Crippen molar-refractivity contribution in [2.24, 2.45) is 5.92 Å². The Balaban J connectivity index is 1.51. The summed E-state index contributed by atoms with van der Waals surface area (Å²) in [6, 6.07) is 5.78. The second-order valence-electron chi connectivity index (χ2n) is 6.79. The molecule has 1 saturated heterocycles. The van der Waals surface area contributed by atoms with Crippen LogP contribution in [0.3, 0.4) is 0 Å². The molecule has 0 spiro atoms. The van der Waals surface area contributed by atoms with Crippen LogP contribution >= 0.6 is 0 Å². The third kappa shape index (κ3) is 4.33. The Morgan fingerprint density at radius 1 is 1.17 bits per heavy atom. The number of nitrogens with one attached hydrogen (secondary N) is 1. The average molecular weight is 354 g/mol. The van der Waals surface area contributed by atoms with E-state index >= 15 is 0 Å². The minimum atomic E-state index is -3.49. The fraction of sp³-hybridized carbons (Fsp3) is 0.588. The second kappa shape index (κ2) is 7.19. The molecular formula is C17H23FN2O3S. The van der Waals surface area contributed by atoms with Gasteiger partial charge in [0.2, 0.25) is 15.9 Å². The number of hydrogen-bond donors (Lipinski definition) is 1. The third-order valence-electron chi connectivity index (χ3n) is 4.87.